The monoisotopic (exact) mass is 274 g/mol. The molecule has 0 fully saturated rings. The lowest BCUT2D eigenvalue weighted by molar-refractivity contribution is 0.116. The van der Waals surface area contributed by atoms with Crippen LogP contribution in [0.15, 0.2) is 30.3 Å². The molecule has 0 aliphatic carbocycles. The molecule has 0 aliphatic heterocycles. The third kappa shape index (κ3) is 6.70. The lowest BCUT2D eigenvalue weighted by atomic mass is 10.0. The SMILES string of the molecule is CCCNC(C)(C#N)CCOCCCc1ccccc1. The van der Waals surface area contributed by atoms with Gasteiger partial charge in [-0.25, -0.2) is 0 Å². The summed E-state index contributed by atoms with van der Waals surface area (Å²) in [5.74, 6) is 0. The number of rotatable bonds is 10. The van der Waals surface area contributed by atoms with Gasteiger partial charge in [-0.2, -0.15) is 5.26 Å². The molecule has 3 heteroatoms. The van der Waals surface area contributed by atoms with Gasteiger partial charge >= 0.3 is 0 Å². The van der Waals surface area contributed by atoms with Gasteiger partial charge in [0.15, 0.2) is 0 Å². The van der Waals surface area contributed by atoms with E-state index in [4.69, 9.17) is 4.74 Å². The topological polar surface area (TPSA) is 45.0 Å². The van der Waals surface area contributed by atoms with Crippen molar-refractivity contribution in [2.45, 2.75) is 45.1 Å². The van der Waals surface area contributed by atoms with Crippen LogP contribution >= 0.6 is 0 Å². The summed E-state index contributed by atoms with van der Waals surface area (Å²) in [6, 6.07) is 12.8. The van der Waals surface area contributed by atoms with Crippen molar-refractivity contribution in [2.24, 2.45) is 0 Å². The summed E-state index contributed by atoms with van der Waals surface area (Å²) < 4.78 is 5.64. The molecule has 1 N–H and O–H groups in total. The van der Waals surface area contributed by atoms with E-state index in [2.05, 4.69) is 42.6 Å². The molecule has 0 spiro atoms. The second-order valence-corrected chi connectivity index (χ2v) is 5.32. The van der Waals surface area contributed by atoms with E-state index in [-0.39, 0.29) is 0 Å². The Morgan fingerprint density at radius 1 is 1.25 bits per heavy atom. The molecule has 1 aromatic carbocycles. The molecule has 0 heterocycles. The van der Waals surface area contributed by atoms with Crippen molar-refractivity contribution < 1.29 is 4.74 Å². The Balaban J connectivity index is 2.10. The van der Waals surface area contributed by atoms with Gasteiger partial charge in [0, 0.05) is 19.6 Å². The Bertz CT molecular complexity index is 399. The molecular formula is C17H26N2O. The summed E-state index contributed by atoms with van der Waals surface area (Å²) >= 11 is 0. The molecule has 110 valence electrons. The van der Waals surface area contributed by atoms with E-state index in [1.807, 2.05) is 13.0 Å². The standard InChI is InChI=1S/C17H26N2O/c1-3-12-19-17(2,15-18)11-14-20-13-7-10-16-8-5-4-6-9-16/h4-6,8-9,19H,3,7,10-14H2,1-2H3. The van der Waals surface area contributed by atoms with Crippen LogP contribution in [0.1, 0.15) is 38.7 Å². The quantitative estimate of drug-likeness (QED) is 0.666. The van der Waals surface area contributed by atoms with Crippen molar-refractivity contribution in [2.75, 3.05) is 19.8 Å². The molecule has 0 saturated heterocycles. The maximum atomic E-state index is 9.20. The van der Waals surface area contributed by atoms with Crippen LogP contribution in [0.25, 0.3) is 0 Å². The molecule has 0 aromatic heterocycles. The summed E-state index contributed by atoms with van der Waals surface area (Å²) in [6.07, 6.45) is 3.84. The van der Waals surface area contributed by atoms with Gasteiger partial charge in [0.25, 0.3) is 0 Å². The van der Waals surface area contributed by atoms with Crippen molar-refractivity contribution >= 4 is 0 Å². The van der Waals surface area contributed by atoms with Crippen LogP contribution in [0.2, 0.25) is 0 Å². The zero-order chi connectivity index (χ0) is 14.7. The van der Waals surface area contributed by atoms with Gasteiger partial charge in [-0.05, 0) is 38.3 Å². The fraction of sp³-hybridized carbons (Fsp3) is 0.588. The van der Waals surface area contributed by atoms with E-state index >= 15 is 0 Å². The van der Waals surface area contributed by atoms with E-state index in [1.165, 1.54) is 5.56 Å². The minimum atomic E-state index is -0.463. The first-order valence-electron chi connectivity index (χ1n) is 7.48. The predicted molar refractivity (Wildman–Crippen MR) is 82.5 cm³/mol. The highest BCUT2D eigenvalue weighted by atomic mass is 16.5. The Morgan fingerprint density at radius 2 is 2.00 bits per heavy atom. The van der Waals surface area contributed by atoms with Crippen LogP contribution in [-0.2, 0) is 11.2 Å². The second kappa shape index (κ2) is 9.52. The van der Waals surface area contributed by atoms with Gasteiger partial charge in [-0.3, -0.25) is 5.32 Å². The zero-order valence-corrected chi connectivity index (χ0v) is 12.7. The highest BCUT2D eigenvalue weighted by Crippen LogP contribution is 2.09. The minimum absolute atomic E-state index is 0.463. The van der Waals surface area contributed by atoms with Crippen LogP contribution in [0.5, 0.6) is 0 Å². The van der Waals surface area contributed by atoms with Gasteiger partial charge in [-0.1, -0.05) is 37.3 Å². The van der Waals surface area contributed by atoms with Gasteiger partial charge in [0.1, 0.15) is 5.54 Å². The number of hydrogen-bond donors (Lipinski definition) is 1. The Labute approximate surface area is 123 Å². The van der Waals surface area contributed by atoms with E-state index < -0.39 is 5.54 Å². The average Bonchev–Trinajstić information content (AvgIpc) is 2.50. The number of benzene rings is 1. The van der Waals surface area contributed by atoms with Crippen LogP contribution in [0.4, 0.5) is 0 Å². The molecule has 20 heavy (non-hydrogen) atoms. The fourth-order valence-corrected chi connectivity index (χ4v) is 1.99. The molecule has 1 unspecified atom stereocenters. The first-order chi connectivity index (χ1) is 9.70. The van der Waals surface area contributed by atoms with E-state index in [1.54, 1.807) is 0 Å². The van der Waals surface area contributed by atoms with Crippen molar-refractivity contribution in [1.29, 1.82) is 5.26 Å². The Morgan fingerprint density at radius 3 is 2.65 bits per heavy atom. The molecule has 0 radical (unpaired) electrons. The van der Waals surface area contributed by atoms with Crippen LogP contribution in [0.3, 0.4) is 0 Å². The summed E-state index contributed by atoms with van der Waals surface area (Å²) in [7, 11) is 0. The number of aryl methyl sites for hydroxylation is 1. The smallest absolute Gasteiger partial charge is 0.106 e. The molecule has 1 aromatic rings. The van der Waals surface area contributed by atoms with Crippen molar-refractivity contribution in [3.63, 3.8) is 0 Å². The van der Waals surface area contributed by atoms with Crippen molar-refractivity contribution in [3.8, 4) is 6.07 Å². The molecule has 1 rings (SSSR count). The van der Waals surface area contributed by atoms with Crippen LogP contribution in [0, 0.1) is 11.3 Å². The van der Waals surface area contributed by atoms with Crippen molar-refractivity contribution in [3.05, 3.63) is 35.9 Å². The Hall–Kier alpha value is -1.37. The molecule has 0 saturated carbocycles. The first-order valence-corrected chi connectivity index (χ1v) is 7.48. The maximum Gasteiger partial charge on any atom is 0.106 e. The molecule has 0 aliphatic rings. The number of ether oxygens (including phenoxy) is 1. The summed E-state index contributed by atoms with van der Waals surface area (Å²) in [6.45, 7) is 6.30. The molecule has 0 bridgehead atoms. The van der Waals surface area contributed by atoms with Crippen LogP contribution in [-0.4, -0.2) is 25.3 Å². The van der Waals surface area contributed by atoms with Gasteiger partial charge in [-0.15, -0.1) is 0 Å². The van der Waals surface area contributed by atoms with E-state index in [0.717, 1.165) is 38.8 Å². The molecule has 3 nitrogen and oxygen atoms in total. The lowest BCUT2D eigenvalue weighted by Crippen LogP contribution is -2.42. The highest BCUT2D eigenvalue weighted by Gasteiger charge is 2.21. The summed E-state index contributed by atoms with van der Waals surface area (Å²) in [5, 5.41) is 12.5. The first kappa shape index (κ1) is 16.7. The number of nitrogens with zero attached hydrogens (tertiary/aromatic N) is 1. The number of hydrogen-bond acceptors (Lipinski definition) is 3. The Kier molecular flexibility index (Phi) is 7.94. The van der Waals surface area contributed by atoms with Gasteiger partial charge < -0.3 is 4.74 Å². The molecular weight excluding hydrogens is 248 g/mol. The zero-order valence-electron chi connectivity index (χ0n) is 12.7. The minimum Gasteiger partial charge on any atom is -0.381 e. The fourth-order valence-electron chi connectivity index (χ4n) is 1.99. The summed E-state index contributed by atoms with van der Waals surface area (Å²) in [5.41, 5.74) is 0.887. The third-order valence-electron chi connectivity index (χ3n) is 3.36. The van der Waals surface area contributed by atoms with Crippen molar-refractivity contribution in [1.82, 2.24) is 5.32 Å². The largest absolute Gasteiger partial charge is 0.381 e. The van der Waals surface area contributed by atoms with Gasteiger partial charge in [0.2, 0.25) is 0 Å². The van der Waals surface area contributed by atoms with E-state index in [0.29, 0.717) is 6.61 Å². The van der Waals surface area contributed by atoms with Crippen LogP contribution < -0.4 is 5.32 Å². The summed E-state index contributed by atoms with van der Waals surface area (Å²) in [4.78, 5) is 0. The van der Waals surface area contributed by atoms with E-state index in [9.17, 15) is 5.26 Å². The predicted octanol–water partition coefficient (Wildman–Crippen LogP) is 3.31. The normalized spacial score (nSPS) is 13.7. The van der Waals surface area contributed by atoms with Gasteiger partial charge in [0.05, 0.1) is 6.07 Å². The second-order valence-electron chi connectivity index (χ2n) is 5.32. The molecule has 0 amide bonds. The average molecular weight is 274 g/mol. The molecule has 1 atom stereocenters. The lowest BCUT2D eigenvalue weighted by Gasteiger charge is -2.22. The number of nitrogens with one attached hydrogen (secondary N) is 1. The maximum absolute atomic E-state index is 9.20. The number of nitriles is 1. The highest BCUT2D eigenvalue weighted by molar-refractivity contribution is 5.14. The third-order valence-corrected chi connectivity index (χ3v) is 3.36.